The lowest BCUT2D eigenvalue weighted by atomic mass is 9.97. The van der Waals surface area contributed by atoms with Gasteiger partial charge in [0.05, 0.1) is 6.61 Å². The molecule has 124 valence electrons. The van der Waals surface area contributed by atoms with Gasteiger partial charge in [0, 0.05) is 23.1 Å². The molecular weight excluding hydrogens is 350 g/mol. The Kier molecular flexibility index (Phi) is 5.60. The molecule has 0 amide bonds. The predicted octanol–water partition coefficient (Wildman–Crippen LogP) is 5.63. The highest BCUT2D eigenvalue weighted by Crippen LogP contribution is 2.25. The van der Waals surface area contributed by atoms with Gasteiger partial charge in [0.15, 0.2) is 0 Å². The molecule has 23 heavy (non-hydrogen) atoms. The van der Waals surface area contributed by atoms with Crippen LogP contribution in [0, 0.1) is 0 Å². The summed E-state index contributed by atoms with van der Waals surface area (Å²) in [6.45, 7) is 6.65. The third-order valence-electron chi connectivity index (χ3n) is 4.98. The van der Waals surface area contributed by atoms with Crippen LogP contribution in [0.1, 0.15) is 39.5 Å². The van der Waals surface area contributed by atoms with E-state index < -0.39 is 0 Å². The predicted molar refractivity (Wildman–Crippen MR) is 101 cm³/mol. The minimum Gasteiger partial charge on any atom is -0.494 e. The van der Waals surface area contributed by atoms with Crippen molar-refractivity contribution in [1.29, 1.82) is 0 Å². The van der Waals surface area contributed by atoms with Crippen molar-refractivity contribution in [3.8, 4) is 5.75 Å². The maximum Gasteiger partial charge on any atom is 0.119 e. The second-order valence-corrected chi connectivity index (χ2v) is 7.64. The number of ether oxygens (including phenoxy) is 1. The van der Waals surface area contributed by atoms with E-state index in [-0.39, 0.29) is 0 Å². The molecule has 1 fully saturated rings. The highest BCUT2D eigenvalue weighted by molar-refractivity contribution is 9.10. The first kappa shape index (κ1) is 16.8. The fourth-order valence-electron chi connectivity index (χ4n) is 3.64. The molecule has 0 bridgehead atoms. The molecule has 1 heterocycles. The van der Waals surface area contributed by atoms with E-state index in [0.717, 1.165) is 41.9 Å². The van der Waals surface area contributed by atoms with Crippen LogP contribution in [0.5, 0.6) is 5.75 Å². The Morgan fingerprint density at radius 2 is 1.78 bits per heavy atom. The molecule has 0 radical (unpaired) electrons. The van der Waals surface area contributed by atoms with E-state index in [1.807, 2.05) is 0 Å². The molecular formula is C20H26BrNO. The minimum atomic E-state index is 0.719. The summed E-state index contributed by atoms with van der Waals surface area (Å²) in [6.07, 6.45) is 5.14. The van der Waals surface area contributed by atoms with Gasteiger partial charge >= 0.3 is 0 Å². The first-order chi connectivity index (χ1) is 11.1. The van der Waals surface area contributed by atoms with Crippen LogP contribution in [-0.2, 0) is 0 Å². The van der Waals surface area contributed by atoms with Gasteiger partial charge in [0.2, 0.25) is 0 Å². The molecule has 1 aliphatic heterocycles. The number of piperidine rings is 1. The zero-order valence-corrected chi connectivity index (χ0v) is 15.7. The van der Waals surface area contributed by atoms with Gasteiger partial charge in [-0.15, -0.1) is 0 Å². The Labute approximate surface area is 147 Å². The highest BCUT2D eigenvalue weighted by Gasteiger charge is 2.23. The molecule has 2 nitrogen and oxygen atoms in total. The van der Waals surface area contributed by atoms with Crippen molar-refractivity contribution in [1.82, 2.24) is 4.90 Å². The Bertz CT molecular complexity index is 647. The van der Waals surface area contributed by atoms with Gasteiger partial charge in [-0.25, -0.2) is 0 Å². The molecule has 0 saturated carbocycles. The lowest BCUT2D eigenvalue weighted by Gasteiger charge is -2.39. The van der Waals surface area contributed by atoms with E-state index in [0.29, 0.717) is 0 Å². The minimum absolute atomic E-state index is 0.719. The maximum absolute atomic E-state index is 5.97. The molecule has 0 aliphatic carbocycles. The first-order valence-corrected chi connectivity index (χ1v) is 9.50. The fraction of sp³-hybridized carbons (Fsp3) is 0.500. The summed E-state index contributed by atoms with van der Waals surface area (Å²) in [5, 5.41) is 2.46. The molecule has 3 rings (SSSR count). The van der Waals surface area contributed by atoms with Crippen molar-refractivity contribution in [2.24, 2.45) is 0 Å². The smallest absolute Gasteiger partial charge is 0.119 e. The van der Waals surface area contributed by atoms with Crippen LogP contribution in [0.2, 0.25) is 0 Å². The largest absolute Gasteiger partial charge is 0.494 e. The molecule has 2 aromatic rings. The molecule has 2 aromatic carbocycles. The van der Waals surface area contributed by atoms with Crippen molar-refractivity contribution in [3.63, 3.8) is 0 Å². The third kappa shape index (κ3) is 4.27. The van der Waals surface area contributed by atoms with E-state index in [2.05, 4.69) is 71.1 Å². The molecule has 0 N–H and O–H groups in total. The van der Waals surface area contributed by atoms with Gasteiger partial charge in [-0.1, -0.05) is 34.5 Å². The Morgan fingerprint density at radius 3 is 2.57 bits per heavy atom. The van der Waals surface area contributed by atoms with Gasteiger partial charge in [0.1, 0.15) is 5.75 Å². The summed E-state index contributed by atoms with van der Waals surface area (Å²) in [7, 11) is 0. The average Bonchev–Trinajstić information content (AvgIpc) is 2.53. The number of nitrogens with zero attached hydrogens (tertiary/aromatic N) is 1. The average molecular weight is 376 g/mol. The number of hydrogen-bond acceptors (Lipinski definition) is 2. The summed E-state index contributed by atoms with van der Waals surface area (Å²) in [4.78, 5) is 2.64. The first-order valence-electron chi connectivity index (χ1n) is 8.71. The lowest BCUT2D eigenvalue weighted by Crippen LogP contribution is -2.44. The van der Waals surface area contributed by atoms with Gasteiger partial charge in [0.25, 0.3) is 0 Å². The van der Waals surface area contributed by atoms with Gasteiger partial charge in [-0.05, 0) is 68.1 Å². The molecule has 2 atom stereocenters. The number of hydrogen-bond donors (Lipinski definition) is 0. The summed E-state index contributed by atoms with van der Waals surface area (Å²) in [5.41, 5.74) is 0. The van der Waals surface area contributed by atoms with Crippen molar-refractivity contribution in [2.75, 3.05) is 13.2 Å². The number of benzene rings is 2. The van der Waals surface area contributed by atoms with Crippen LogP contribution >= 0.6 is 15.9 Å². The molecule has 1 saturated heterocycles. The lowest BCUT2D eigenvalue weighted by molar-refractivity contribution is 0.0961. The van der Waals surface area contributed by atoms with Gasteiger partial charge in [-0.2, -0.15) is 0 Å². The summed E-state index contributed by atoms with van der Waals surface area (Å²) in [5.74, 6) is 0.968. The zero-order valence-electron chi connectivity index (χ0n) is 14.1. The van der Waals surface area contributed by atoms with Crippen LogP contribution in [-0.4, -0.2) is 30.1 Å². The van der Waals surface area contributed by atoms with Gasteiger partial charge in [-0.3, -0.25) is 4.90 Å². The van der Waals surface area contributed by atoms with Crippen LogP contribution in [0.4, 0.5) is 0 Å². The summed E-state index contributed by atoms with van der Waals surface area (Å²) in [6, 6.07) is 14.1. The van der Waals surface area contributed by atoms with Crippen molar-refractivity contribution >= 4 is 26.7 Å². The quantitative estimate of drug-likeness (QED) is 0.627. The molecule has 3 heteroatoms. The Balaban J connectivity index is 1.52. The Morgan fingerprint density at radius 1 is 1.04 bits per heavy atom. The summed E-state index contributed by atoms with van der Waals surface area (Å²) >= 11 is 3.53. The van der Waals surface area contributed by atoms with E-state index in [1.165, 1.54) is 30.0 Å². The maximum atomic E-state index is 5.97. The van der Waals surface area contributed by atoms with E-state index in [9.17, 15) is 0 Å². The Hall–Kier alpha value is -1.06. The normalized spacial score (nSPS) is 22.4. The van der Waals surface area contributed by atoms with E-state index in [1.54, 1.807) is 0 Å². The van der Waals surface area contributed by atoms with Crippen molar-refractivity contribution in [3.05, 3.63) is 40.9 Å². The number of fused-ring (bicyclic) bond motifs is 1. The standard InChI is InChI=1S/C20H26BrNO/c1-15-5-3-6-16(2)22(15)11-4-12-23-20-10-8-17-7-9-19(21)13-18(17)14-20/h7-10,13-16H,3-6,11-12H2,1-2H3. The summed E-state index contributed by atoms with van der Waals surface area (Å²) < 4.78 is 7.08. The van der Waals surface area contributed by atoms with Crippen LogP contribution in [0.25, 0.3) is 10.8 Å². The topological polar surface area (TPSA) is 12.5 Å². The highest BCUT2D eigenvalue weighted by atomic mass is 79.9. The number of likely N-dealkylation sites (tertiary alicyclic amines) is 1. The molecule has 2 unspecified atom stereocenters. The van der Waals surface area contributed by atoms with E-state index in [4.69, 9.17) is 4.74 Å². The second kappa shape index (κ2) is 7.67. The fourth-order valence-corrected chi connectivity index (χ4v) is 4.02. The van der Waals surface area contributed by atoms with Crippen molar-refractivity contribution in [2.45, 2.75) is 51.6 Å². The van der Waals surface area contributed by atoms with E-state index >= 15 is 0 Å². The molecule has 0 spiro atoms. The SMILES string of the molecule is CC1CCCC(C)N1CCCOc1ccc2ccc(Br)cc2c1. The molecule has 1 aliphatic rings. The van der Waals surface area contributed by atoms with Gasteiger partial charge < -0.3 is 4.74 Å². The zero-order chi connectivity index (χ0) is 16.2. The third-order valence-corrected chi connectivity index (χ3v) is 5.47. The van der Waals surface area contributed by atoms with Crippen LogP contribution in [0.3, 0.4) is 0 Å². The van der Waals surface area contributed by atoms with Crippen molar-refractivity contribution < 1.29 is 4.74 Å². The van der Waals surface area contributed by atoms with Crippen LogP contribution in [0.15, 0.2) is 40.9 Å². The number of rotatable bonds is 5. The number of halogens is 1. The second-order valence-electron chi connectivity index (χ2n) is 6.72. The molecule has 0 aromatic heterocycles. The van der Waals surface area contributed by atoms with Crippen LogP contribution < -0.4 is 4.74 Å². The monoisotopic (exact) mass is 375 g/mol.